The van der Waals surface area contributed by atoms with Gasteiger partial charge in [0.05, 0.1) is 0 Å². The predicted molar refractivity (Wildman–Crippen MR) is 83.4 cm³/mol. The highest BCUT2D eigenvalue weighted by atomic mass is 35.5. The number of nitrogens with zero attached hydrogens (tertiary/aromatic N) is 3. The van der Waals surface area contributed by atoms with Crippen molar-refractivity contribution in [2.24, 2.45) is 0 Å². The Kier molecular flexibility index (Phi) is 3.76. The average Bonchev–Trinajstić information content (AvgIpc) is 2.42. The molecule has 2 aromatic rings. The van der Waals surface area contributed by atoms with Crippen LogP contribution in [0.15, 0.2) is 18.2 Å². The van der Waals surface area contributed by atoms with E-state index in [2.05, 4.69) is 40.5 Å². The number of piperidine rings is 1. The Bertz CT molecular complexity index is 629. The van der Waals surface area contributed by atoms with E-state index >= 15 is 0 Å². The Balaban J connectivity index is 1.95. The maximum absolute atomic E-state index is 6.14. The Morgan fingerprint density at radius 1 is 1.30 bits per heavy atom. The van der Waals surface area contributed by atoms with Crippen LogP contribution in [0.3, 0.4) is 0 Å². The number of likely N-dealkylation sites (tertiary alicyclic amines) is 1. The van der Waals surface area contributed by atoms with Crippen molar-refractivity contribution in [1.82, 2.24) is 15.1 Å². The summed E-state index contributed by atoms with van der Waals surface area (Å²) in [5.41, 5.74) is 1.20. The number of likely N-dealkylation sites (N-methyl/N-ethyl adjacent to an activating group) is 1. The minimum absolute atomic E-state index is 0.424. The fraction of sp³-hybridized carbons (Fsp3) is 0.467. The molecule has 1 aromatic carbocycles. The quantitative estimate of drug-likeness (QED) is 0.923. The zero-order valence-electron chi connectivity index (χ0n) is 11.9. The lowest BCUT2D eigenvalue weighted by Gasteiger charge is -2.30. The molecule has 1 aliphatic heterocycles. The lowest BCUT2D eigenvalue weighted by atomic mass is 10.1. The largest absolute Gasteiger partial charge is 0.364 e. The minimum atomic E-state index is 0.424. The summed E-state index contributed by atoms with van der Waals surface area (Å²) < 4.78 is 0. The van der Waals surface area contributed by atoms with Crippen molar-refractivity contribution in [1.29, 1.82) is 0 Å². The zero-order valence-corrected chi connectivity index (χ0v) is 12.6. The second-order valence-electron chi connectivity index (χ2n) is 5.63. The van der Waals surface area contributed by atoms with Crippen LogP contribution in [0.25, 0.3) is 10.8 Å². The summed E-state index contributed by atoms with van der Waals surface area (Å²) in [6.07, 6.45) is 2.38. The summed E-state index contributed by atoms with van der Waals surface area (Å²) in [5, 5.41) is 14.3. The number of aryl methyl sites for hydroxylation is 1. The molecule has 2 heterocycles. The van der Waals surface area contributed by atoms with E-state index in [0.29, 0.717) is 11.2 Å². The number of hydrogen-bond donors (Lipinski definition) is 1. The van der Waals surface area contributed by atoms with E-state index in [1.54, 1.807) is 0 Å². The average molecular weight is 291 g/mol. The number of benzene rings is 1. The van der Waals surface area contributed by atoms with Crippen molar-refractivity contribution in [2.75, 3.05) is 25.5 Å². The number of hydrogen-bond acceptors (Lipinski definition) is 4. The van der Waals surface area contributed by atoms with Gasteiger partial charge < -0.3 is 10.2 Å². The van der Waals surface area contributed by atoms with Crippen LogP contribution < -0.4 is 5.32 Å². The molecule has 0 radical (unpaired) electrons. The van der Waals surface area contributed by atoms with Gasteiger partial charge in [-0.15, -0.1) is 10.2 Å². The van der Waals surface area contributed by atoms with E-state index in [4.69, 9.17) is 11.6 Å². The molecule has 1 fully saturated rings. The van der Waals surface area contributed by atoms with Gasteiger partial charge in [0.15, 0.2) is 11.0 Å². The molecular weight excluding hydrogens is 272 g/mol. The maximum atomic E-state index is 6.14. The first-order chi connectivity index (χ1) is 9.63. The van der Waals surface area contributed by atoms with E-state index in [9.17, 15) is 0 Å². The van der Waals surface area contributed by atoms with Crippen molar-refractivity contribution in [2.45, 2.75) is 25.8 Å². The molecule has 20 heavy (non-hydrogen) atoms. The van der Waals surface area contributed by atoms with E-state index in [1.807, 2.05) is 12.1 Å². The number of halogens is 1. The zero-order chi connectivity index (χ0) is 14.1. The minimum Gasteiger partial charge on any atom is -0.364 e. The van der Waals surface area contributed by atoms with Gasteiger partial charge in [0, 0.05) is 23.4 Å². The van der Waals surface area contributed by atoms with E-state index in [-0.39, 0.29) is 0 Å². The molecule has 0 amide bonds. The van der Waals surface area contributed by atoms with E-state index < -0.39 is 0 Å². The van der Waals surface area contributed by atoms with E-state index in [0.717, 1.165) is 23.1 Å². The normalized spacial score (nSPS) is 20.2. The summed E-state index contributed by atoms with van der Waals surface area (Å²) in [5.74, 6) is 0.841. The molecule has 3 rings (SSSR count). The standard InChI is InChI=1S/C15H19ClN4/c1-10-5-6-12-13(8-10)15(19-18-14(12)16)17-11-4-3-7-20(2)9-11/h5-6,8,11H,3-4,7,9H2,1-2H3,(H,17,19)/t11-/m1/s1. The summed E-state index contributed by atoms with van der Waals surface area (Å²) in [7, 11) is 2.16. The molecule has 1 N–H and O–H groups in total. The van der Waals surface area contributed by atoms with Gasteiger partial charge in [-0.2, -0.15) is 0 Å². The summed E-state index contributed by atoms with van der Waals surface area (Å²) in [6, 6.07) is 6.60. The van der Waals surface area contributed by atoms with Crippen LogP contribution >= 0.6 is 11.6 Å². The molecule has 0 unspecified atom stereocenters. The molecule has 1 aliphatic rings. The highest BCUT2D eigenvalue weighted by Gasteiger charge is 2.18. The first-order valence-corrected chi connectivity index (χ1v) is 7.39. The van der Waals surface area contributed by atoms with Gasteiger partial charge >= 0.3 is 0 Å². The molecule has 0 bridgehead atoms. The van der Waals surface area contributed by atoms with Gasteiger partial charge in [0.1, 0.15) is 0 Å². The molecule has 1 saturated heterocycles. The van der Waals surface area contributed by atoms with Crippen LogP contribution in [0.2, 0.25) is 5.15 Å². The lowest BCUT2D eigenvalue weighted by molar-refractivity contribution is 0.261. The summed E-state index contributed by atoms with van der Waals surface area (Å²) in [4.78, 5) is 2.35. The highest BCUT2D eigenvalue weighted by molar-refractivity contribution is 6.34. The number of anilines is 1. The number of aromatic nitrogens is 2. The third kappa shape index (κ3) is 2.72. The molecule has 0 aliphatic carbocycles. The van der Waals surface area contributed by atoms with Gasteiger partial charge in [-0.3, -0.25) is 0 Å². The van der Waals surface area contributed by atoms with Crippen LogP contribution in [0, 0.1) is 6.92 Å². The second-order valence-corrected chi connectivity index (χ2v) is 5.99. The molecule has 106 valence electrons. The fourth-order valence-corrected chi connectivity index (χ4v) is 3.02. The molecular formula is C15H19ClN4. The van der Waals surface area contributed by atoms with Gasteiger partial charge in [0.2, 0.25) is 0 Å². The molecule has 1 atom stereocenters. The molecule has 5 heteroatoms. The van der Waals surface area contributed by atoms with Crippen LogP contribution in [0.4, 0.5) is 5.82 Å². The SMILES string of the molecule is Cc1ccc2c(Cl)nnc(N[C@@H]3CCCN(C)C3)c2c1. The van der Waals surface area contributed by atoms with Crippen LogP contribution in [0.1, 0.15) is 18.4 Å². The van der Waals surface area contributed by atoms with Crippen LogP contribution in [-0.4, -0.2) is 41.3 Å². The van der Waals surface area contributed by atoms with Gasteiger partial charge in [-0.25, -0.2) is 0 Å². The van der Waals surface area contributed by atoms with Gasteiger partial charge in [-0.05, 0) is 39.4 Å². The summed E-state index contributed by atoms with van der Waals surface area (Å²) >= 11 is 6.14. The van der Waals surface area contributed by atoms with Crippen molar-refractivity contribution in [3.05, 3.63) is 28.9 Å². The van der Waals surface area contributed by atoms with Crippen molar-refractivity contribution < 1.29 is 0 Å². The maximum Gasteiger partial charge on any atom is 0.159 e. The van der Waals surface area contributed by atoms with E-state index in [1.165, 1.54) is 24.9 Å². The topological polar surface area (TPSA) is 41.1 Å². The van der Waals surface area contributed by atoms with Crippen LogP contribution in [0.5, 0.6) is 0 Å². The molecule has 0 saturated carbocycles. The monoisotopic (exact) mass is 290 g/mol. The molecule has 4 nitrogen and oxygen atoms in total. The van der Waals surface area contributed by atoms with Crippen molar-refractivity contribution in [3.63, 3.8) is 0 Å². The Morgan fingerprint density at radius 3 is 2.95 bits per heavy atom. The second kappa shape index (κ2) is 5.54. The predicted octanol–water partition coefficient (Wildman–Crippen LogP) is 3.10. The third-order valence-electron chi connectivity index (χ3n) is 3.86. The lowest BCUT2D eigenvalue weighted by Crippen LogP contribution is -2.40. The third-order valence-corrected chi connectivity index (χ3v) is 4.13. The molecule has 1 aromatic heterocycles. The van der Waals surface area contributed by atoms with Crippen molar-refractivity contribution >= 4 is 28.2 Å². The van der Waals surface area contributed by atoms with Gasteiger partial charge in [-0.1, -0.05) is 29.3 Å². The Labute approximate surface area is 124 Å². The first-order valence-electron chi connectivity index (χ1n) is 7.01. The van der Waals surface area contributed by atoms with Crippen molar-refractivity contribution in [3.8, 4) is 0 Å². The number of nitrogens with one attached hydrogen (secondary N) is 1. The number of rotatable bonds is 2. The Morgan fingerprint density at radius 2 is 2.15 bits per heavy atom. The smallest absolute Gasteiger partial charge is 0.159 e. The number of fused-ring (bicyclic) bond motifs is 1. The fourth-order valence-electron chi connectivity index (χ4n) is 2.82. The van der Waals surface area contributed by atoms with Crippen LogP contribution in [-0.2, 0) is 0 Å². The molecule has 0 spiro atoms. The van der Waals surface area contributed by atoms with Gasteiger partial charge in [0.25, 0.3) is 0 Å². The highest BCUT2D eigenvalue weighted by Crippen LogP contribution is 2.28. The first kappa shape index (κ1) is 13.6. The Hall–Kier alpha value is -1.39. The summed E-state index contributed by atoms with van der Waals surface area (Å²) in [6.45, 7) is 4.29.